The highest BCUT2D eigenvalue weighted by Gasteiger charge is 2.31. The van der Waals surface area contributed by atoms with E-state index < -0.39 is 0 Å². The highest BCUT2D eigenvalue weighted by molar-refractivity contribution is 5.78. The molecule has 0 saturated carbocycles. The third-order valence-electron chi connectivity index (χ3n) is 4.65. The second-order valence-electron chi connectivity index (χ2n) is 6.73. The second kappa shape index (κ2) is 8.31. The van der Waals surface area contributed by atoms with Gasteiger partial charge < -0.3 is 14.4 Å². The highest BCUT2D eigenvalue weighted by Crippen LogP contribution is 2.29. The Morgan fingerprint density at radius 2 is 2.19 bits per heavy atom. The number of aromatic nitrogens is 3. The maximum absolute atomic E-state index is 12.8. The van der Waals surface area contributed by atoms with E-state index in [1.54, 1.807) is 7.11 Å². The van der Waals surface area contributed by atoms with Crippen molar-refractivity contribution in [3.05, 3.63) is 41.0 Å². The fourth-order valence-corrected chi connectivity index (χ4v) is 3.24. The van der Waals surface area contributed by atoms with Crippen molar-refractivity contribution in [2.24, 2.45) is 0 Å². The standard InChI is InChI=1S/C19H26N4O3/c1-13-7-8-14(2)16(10-13)26-12-18(24)23-9-5-4-6-15(23)19-20-17(11-25-3)21-22-19/h7-8,10,15H,4-6,9,11-12H2,1-3H3,(H,20,21,22)/t15-/m0/s1. The molecule has 1 N–H and O–H groups in total. The van der Waals surface area contributed by atoms with Crippen molar-refractivity contribution < 1.29 is 14.3 Å². The normalized spacial score (nSPS) is 17.3. The first-order valence-corrected chi connectivity index (χ1v) is 8.98. The van der Waals surface area contributed by atoms with Crippen LogP contribution in [0.3, 0.4) is 0 Å². The van der Waals surface area contributed by atoms with Gasteiger partial charge in [-0.05, 0) is 50.3 Å². The van der Waals surface area contributed by atoms with Crippen LogP contribution in [0.1, 0.15) is 48.1 Å². The Morgan fingerprint density at radius 3 is 3.00 bits per heavy atom. The lowest BCUT2D eigenvalue weighted by Crippen LogP contribution is -2.41. The molecule has 1 aromatic carbocycles. The molecular weight excluding hydrogens is 332 g/mol. The molecule has 0 aliphatic carbocycles. The lowest BCUT2D eigenvalue weighted by atomic mass is 10.0. The van der Waals surface area contributed by atoms with Crippen molar-refractivity contribution in [1.82, 2.24) is 20.1 Å². The average molecular weight is 358 g/mol. The molecule has 2 aromatic rings. The minimum atomic E-state index is -0.111. The summed E-state index contributed by atoms with van der Waals surface area (Å²) in [6.45, 7) is 5.09. The molecule has 0 spiro atoms. The van der Waals surface area contributed by atoms with Gasteiger partial charge in [-0.3, -0.25) is 9.89 Å². The minimum absolute atomic E-state index is 0.0240. The molecule has 7 heteroatoms. The van der Waals surface area contributed by atoms with E-state index in [4.69, 9.17) is 9.47 Å². The number of piperidine rings is 1. The molecule has 1 aromatic heterocycles. The topological polar surface area (TPSA) is 80.3 Å². The summed E-state index contributed by atoms with van der Waals surface area (Å²) < 4.78 is 10.9. The van der Waals surface area contributed by atoms with E-state index >= 15 is 0 Å². The van der Waals surface area contributed by atoms with Gasteiger partial charge in [0.1, 0.15) is 12.4 Å². The number of methoxy groups -OCH3 is 1. The van der Waals surface area contributed by atoms with Crippen LogP contribution in [0, 0.1) is 13.8 Å². The molecule has 0 unspecified atom stereocenters. The molecule has 1 fully saturated rings. The number of hydrogen-bond acceptors (Lipinski definition) is 5. The molecule has 2 heterocycles. The van der Waals surface area contributed by atoms with Crippen molar-refractivity contribution in [2.75, 3.05) is 20.3 Å². The van der Waals surface area contributed by atoms with Crippen LogP contribution < -0.4 is 4.74 Å². The summed E-state index contributed by atoms with van der Waals surface area (Å²) in [4.78, 5) is 19.1. The van der Waals surface area contributed by atoms with Crippen LogP contribution in [0.5, 0.6) is 5.75 Å². The maximum Gasteiger partial charge on any atom is 0.261 e. The van der Waals surface area contributed by atoms with Gasteiger partial charge in [0.05, 0.1) is 6.04 Å². The zero-order valence-corrected chi connectivity index (χ0v) is 15.6. The van der Waals surface area contributed by atoms with Gasteiger partial charge in [-0.15, -0.1) is 0 Å². The molecule has 0 radical (unpaired) electrons. The number of carbonyl (C=O) groups excluding carboxylic acids is 1. The van der Waals surface area contributed by atoms with Gasteiger partial charge in [0, 0.05) is 13.7 Å². The third-order valence-corrected chi connectivity index (χ3v) is 4.65. The van der Waals surface area contributed by atoms with E-state index in [1.807, 2.05) is 36.9 Å². The lowest BCUT2D eigenvalue weighted by Gasteiger charge is -2.34. The molecule has 1 atom stereocenters. The van der Waals surface area contributed by atoms with Crippen LogP contribution in [-0.4, -0.2) is 46.2 Å². The smallest absolute Gasteiger partial charge is 0.261 e. The summed E-state index contributed by atoms with van der Waals surface area (Å²) in [6, 6.07) is 5.89. The van der Waals surface area contributed by atoms with Gasteiger partial charge in [-0.1, -0.05) is 12.1 Å². The van der Waals surface area contributed by atoms with E-state index in [1.165, 1.54) is 0 Å². The van der Waals surface area contributed by atoms with Crippen LogP contribution in [0.15, 0.2) is 18.2 Å². The number of amides is 1. The van der Waals surface area contributed by atoms with E-state index in [-0.39, 0.29) is 18.6 Å². The number of nitrogens with zero attached hydrogens (tertiary/aromatic N) is 3. The van der Waals surface area contributed by atoms with E-state index in [9.17, 15) is 4.79 Å². The van der Waals surface area contributed by atoms with Gasteiger partial charge in [0.25, 0.3) is 5.91 Å². The first-order valence-electron chi connectivity index (χ1n) is 8.98. The zero-order valence-electron chi connectivity index (χ0n) is 15.6. The molecule has 1 amide bonds. The number of aromatic amines is 1. The number of ether oxygens (including phenoxy) is 2. The Balaban J connectivity index is 1.68. The number of aryl methyl sites for hydroxylation is 2. The van der Waals surface area contributed by atoms with Crippen molar-refractivity contribution in [1.29, 1.82) is 0 Å². The monoisotopic (exact) mass is 358 g/mol. The molecule has 0 bridgehead atoms. The van der Waals surface area contributed by atoms with Crippen LogP contribution in [0.4, 0.5) is 0 Å². The predicted molar refractivity (Wildman–Crippen MR) is 96.8 cm³/mol. The van der Waals surface area contributed by atoms with Crippen LogP contribution >= 0.6 is 0 Å². The summed E-state index contributed by atoms with van der Waals surface area (Å²) in [5, 5.41) is 7.16. The van der Waals surface area contributed by atoms with E-state index in [0.717, 1.165) is 36.1 Å². The summed E-state index contributed by atoms with van der Waals surface area (Å²) in [7, 11) is 1.61. The quantitative estimate of drug-likeness (QED) is 0.859. The van der Waals surface area contributed by atoms with Gasteiger partial charge in [-0.25, -0.2) is 4.98 Å². The largest absolute Gasteiger partial charge is 0.483 e. The number of benzene rings is 1. The predicted octanol–water partition coefficient (Wildman–Crippen LogP) is 2.70. The fourth-order valence-electron chi connectivity index (χ4n) is 3.24. The fraction of sp³-hybridized carbons (Fsp3) is 0.526. The SMILES string of the molecule is COCc1nc([C@@H]2CCCCN2C(=O)COc2cc(C)ccc2C)n[nH]1. The highest BCUT2D eigenvalue weighted by atomic mass is 16.5. The molecule has 140 valence electrons. The molecule has 1 aliphatic rings. The summed E-state index contributed by atoms with van der Waals surface area (Å²) in [5.74, 6) is 2.05. The number of H-pyrrole nitrogens is 1. The van der Waals surface area contributed by atoms with Crippen molar-refractivity contribution in [2.45, 2.75) is 45.8 Å². The third kappa shape index (κ3) is 4.22. The van der Waals surface area contributed by atoms with Gasteiger partial charge in [0.2, 0.25) is 0 Å². The number of likely N-dealkylation sites (tertiary alicyclic amines) is 1. The molecule has 26 heavy (non-hydrogen) atoms. The van der Waals surface area contributed by atoms with Crippen LogP contribution in [-0.2, 0) is 16.1 Å². The Labute approximate surface area is 153 Å². The molecule has 3 rings (SSSR count). The van der Waals surface area contributed by atoms with E-state index in [2.05, 4.69) is 15.2 Å². The number of nitrogens with one attached hydrogen (secondary N) is 1. The van der Waals surface area contributed by atoms with E-state index in [0.29, 0.717) is 24.8 Å². The Morgan fingerprint density at radius 1 is 1.35 bits per heavy atom. The van der Waals surface area contributed by atoms with Gasteiger partial charge >= 0.3 is 0 Å². The average Bonchev–Trinajstić information content (AvgIpc) is 3.11. The minimum Gasteiger partial charge on any atom is -0.483 e. The number of hydrogen-bond donors (Lipinski definition) is 1. The zero-order chi connectivity index (χ0) is 18.5. The van der Waals surface area contributed by atoms with Crippen LogP contribution in [0.2, 0.25) is 0 Å². The summed E-state index contributed by atoms with van der Waals surface area (Å²) in [5.41, 5.74) is 2.14. The first kappa shape index (κ1) is 18.4. The lowest BCUT2D eigenvalue weighted by molar-refractivity contribution is -0.137. The van der Waals surface area contributed by atoms with Crippen molar-refractivity contribution in [3.8, 4) is 5.75 Å². The Hall–Kier alpha value is -2.41. The van der Waals surface area contributed by atoms with Crippen molar-refractivity contribution >= 4 is 5.91 Å². The van der Waals surface area contributed by atoms with Crippen molar-refractivity contribution in [3.63, 3.8) is 0 Å². The van der Waals surface area contributed by atoms with Gasteiger partial charge in [0.15, 0.2) is 18.3 Å². The van der Waals surface area contributed by atoms with Crippen LogP contribution in [0.25, 0.3) is 0 Å². The molecule has 1 aliphatic heterocycles. The molecular formula is C19H26N4O3. The molecule has 7 nitrogen and oxygen atoms in total. The van der Waals surface area contributed by atoms with Gasteiger partial charge in [-0.2, -0.15) is 5.10 Å². The summed E-state index contributed by atoms with van der Waals surface area (Å²) in [6.07, 6.45) is 2.90. The maximum atomic E-state index is 12.8. The first-order chi connectivity index (χ1) is 12.6. The summed E-state index contributed by atoms with van der Waals surface area (Å²) >= 11 is 0. The number of carbonyl (C=O) groups is 1. The second-order valence-corrected chi connectivity index (χ2v) is 6.73. The Bertz CT molecular complexity index is 759. The Kier molecular flexibility index (Phi) is 5.88. The number of rotatable bonds is 6. The molecule has 1 saturated heterocycles.